The monoisotopic (exact) mass is 298 g/mol. The third kappa shape index (κ3) is 3.41. The fourth-order valence-corrected chi connectivity index (χ4v) is 2.15. The number of carbonyl (C=O) groups is 1. The lowest BCUT2D eigenvalue weighted by Crippen LogP contribution is -2.25. The quantitative estimate of drug-likeness (QED) is 0.642. The first kappa shape index (κ1) is 15.5. The van der Waals surface area contributed by atoms with E-state index in [4.69, 9.17) is 6.42 Å². The highest BCUT2D eigenvalue weighted by Gasteiger charge is 2.14. The smallest absolute Gasteiger partial charge is 0.245 e. The molecule has 3 heterocycles. The zero-order chi connectivity index (χ0) is 15.9. The molecule has 114 valence electrons. The molecule has 1 amide bonds. The number of rotatable bonds is 2. The Labute approximate surface area is 128 Å². The molecule has 1 saturated heterocycles. The SMILES string of the molecule is C#Cc1nc2ncnc(NC)c2[nH]1.C=CC(=O)N1CCCC1. The van der Waals surface area contributed by atoms with E-state index in [9.17, 15) is 4.79 Å². The minimum Gasteiger partial charge on any atom is -0.371 e. The van der Waals surface area contributed by atoms with Crippen LogP contribution in [0.5, 0.6) is 0 Å². The summed E-state index contributed by atoms with van der Waals surface area (Å²) in [7, 11) is 1.78. The highest BCUT2D eigenvalue weighted by atomic mass is 16.2. The highest BCUT2D eigenvalue weighted by Crippen LogP contribution is 2.14. The van der Waals surface area contributed by atoms with E-state index in [1.807, 2.05) is 4.90 Å². The molecule has 1 aliphatic rings. The molecule has 22 heavy (non-hydrogen) atoms. The third-order valence-electron chi connectivity index (χ3n) is 3.25. The van der Waals surface area contributed by atoms with Gasteiger partial charge in [0.15, 0.2) is 17.3 Å². The van der Waals surface area contributed by atoms with Crippen LogP contribution in [0, 0.1) is 12.3 Å². The number of aromatic nitrogens is 4. The Kier molecular flexibility index (Phi) is 5.09. The van der Waals surface area contributed by atoms with Crippen molar-refractivity contribution in [2.75, 3.05) is 25.5 Å². The summed E-state index contributed by atoms with van der Waals surface area (Å²) >= 11 is 0. The number of likely N-dealkylation sites (tertiary alicyclic amines) is 1. The maximum atomic E-state index is 10.8. The Balaban J connectivity index is 0.000000172. The molecular weight excluding hydrogens is 280 g/mol. The fourth-order valence-electron chi connectivity index (χ4n) is 2.15. The van der Waals surface area contributed by atoms with Crippen molar-refractivity contribution in [3.05, 3.63) is 24.8 Å². The molecule has 2 aromatic rings. The number of hydrogen-bond donors (Lipinski definition) is 2. The predicted octanol–water partition coefficient (Wildman–Crippen LogP) is 1.17. The molecule has 0 radical (unpaired) electrons. The summed E-state index contributed by atoms with van der Waals surface area (Å²) in [6, 6.07) is 0. The lowest BCUT2D eigenvalue weighted by Gasteiger charge is -2.10. The molecule has 0 atom stereocenters. The molecule has 0 aliphatic carbocycles. The first-order valence-electron chi connectivity index (χ1n) is 6.96. The van der Waals surface area contributed by atoms with E-state index < -0.39 is 0 Å². The zero-order valence-electron chi connectivity index (χ0n) is 12.5. The van der Waals surface area contributed by atoms with Gasteiger partial charge in [-0.25, -0.2) is 15.0 Å². The van der Waals surface area contributed by atoms with Crippen LogP contribution < -0.4 is 5.32 Å². The molecule has 2 aromatic heterocycles. The molecule has 7 nitrogen and oxygen atoms in total. The van der Waals surface area contributed by atoms with Gasteiger partial charge in [-0.3, -0.25) is 4.79 Å². The number of aromatic amines is 1. The minimum absolute atomic E-state index is 0.0764. The van der Waals surface area contributed by atoms with Crippen LogP contribution >= 0.6 is 0 Å². The number of terminal acetylenes is 1. The maximum absolute atomic E-state index is 10.8. The van der Waals surface area contributed by atoms with Gasteiger partial charge in [-0.1, -0.05) is 6.58 Å². The largest absolute Gasteiger partial charge is 0.371 e. The minimum atomic E-state index is 0.0764. The van der Waals surface area contributed by atoms with Gasteiger partial charge < -0.3 is 15.2 Å². The number of nitrogens with zero attached hydrogens (tertiary/aromatic N) is 4. The number of hydrogen-bond acceptors (Lipinski definition) is 5. The van der Waals surface area contributed by atoms with E-state index in [2.05, 4.69) is 37.8 Å². The number of anilines is 1. The molecule has 1 fully saturated rings. The van der Waals surface area contributed by atoms with Crippen molar-refractivity contribution in [2.45, 2.75) is 12.8 Å². The topological polar surface area (TPSA) is 86.8 Å². The first-order valence-corrected chi connectivity index (χ1v) is 6.96. The highest BCUT2D eigenvalue weighted by molar-refractivity contribution is 5.87. The van der Waals surface area contributed by atoms with Crippen molar-refractivity contribution in [1.29, 1.82) is 0 Å². The van der Waals surface area contributed by atoms with Crippen LogP contribution in [0.1, 0.15) is 18.7 Å². The molecule has 0 spiro atoms. The normalized spacial score (nSPS) is 13.2. The van der Waals surface area contributed by atoms with Gasteiger partial charge in [0.1, 0.15) is 11.8 Å². The lowest BCUT2D eigenvalue weighted by molar-refractivity contribution is -0.124. The van der Waals surface area contributed by atoms with Gasteiger partial charge in [0.25, 0.3) is 0 Å². The van der Waals surface area contributed by atoms with Crippen LogP contribution in [0.3, 0.4) is 0 Å². The van der Waals surface area contributed by atoms with Gasteiger partial charge in [-0.05, 0) is 24.8 Å². The molecule has 0 bridgehead atoms. The number of carbonyl (C=O) groups excluding carboxylic acids is 1. The molecule has 0 unspecified atom stereocenters. The number of H-pyrrole nitrogens is 1. The average Bonchev–Trinajstić information content (AvgIpc) is 3.23. The van der Waals surface area contributed by atoms with Crippen molar-refractivity contribution in [1.82, 2.24) is 24.8 Å². The Morgan fingerprint density at radius 3 is 2.82 bits per heavy atom. The molecule has 3 rings (SSSR count). The van der Waals surface area contributed by atoms with Gasteiger partial charge in [0.2, 0.25) is 5.91 Å². The fraction of sp³-hybridized carbons (Fsp3) is 0.333. The van der Waals surface area contributed by atoms with E-state index in [1.54, 1.807) is 7.05 Å². The van der Waals surface area contributed by atoms with Crippen LogP contribution in [-0.4, -0.2) is 50.9 Å². The summed E-state index contributed by atoms with van der Waals surface area (Å²) in [5, 5.41) is 2.92. The number of nitrogens with one attached hydrogen (secondary N) is 2. The summed E-state index contributed by atoms with van der Waals surface area (Å²) in [5.41, 5.74) is 1.31. The summed E-state index contributed by atoms with van der Waals surface area (Å²) in [5.74, 6) is 3.64. The number of imidazole rings is 1. The van der Waals surface area contributed by atoms with Crippen molar-refractivity contribution in [2.24, 2.45) is 0 Å². The van der Waals surface area contributed by atoms with Crippen molar-refractivity contribution >= 4 is 22.9 Å². The second-order valence-electron chi connectivity index (χ2n) is 4.64. The van der Waals surface area contributed by atoms with Crippen molar-refractivity contribution in [3.8, 4) is 12.3 Å². The van der Waals surface area contributed by atoms with E-state index in [0.717, 1.165) is 31.4 Å². The van der Waals surface area contributed by atoms with E-state index in [1.165, 1.54) is 12.4 Å². The Morgan fingerprint density at radius 2 is 2.23 bits per heavy atom. The van der Waals surface area contributed by atoms with Crippen molar-refractivity contribution < 1.29 is 4.79 Å². The maximum Gasteiger partial charge on any atom is 0.245 e. The van der Waals surface area contributed by atoms with Crippen LogP contribution in [-0.2, 0) is 4.79 Å². The number of amides is 1. The zero-order valence-corrected chi connectivity index (χ0v) is 12.5. The number of fused-ring (bicyclic) bond motifs is 1. The van der Waals surface area contributed by atoms with Crippen molar-refractivity contribution in [3.63, 3.8) is 0 Å². The average molecular weight is 298 g/mol. The molecule has 1 aliphatic heterocycles. The summed E-state index contributed by atoms with van der Waals surface area (Å²) in [6.45, 7) is 5.26. The predicted molar refractivity (Wildman–Crippen MR) is 85.2 cm³/mol. The van der Waals surface area contributed by atoms with E-state index in [0.29, 0.717) is 17.3 Å². The molecular formula is C15H18N6O. The van der Waals surface area contributed by atoms with Crippen LogP contribution in [0.15, 0.2) is 19.0 Å². The van der Waals surface area contributed by atoms with Crippen LogP contribution in [0.25, 0.3) is 11.2 Å². The lowest BCUT2D eigenvalue weighted by atomic mass is 10.4. The molecule has 0 saturated carbocycles. The standard InChI is InChI=1S/C8H7N5.C7H11NO/c1-3-5-12-6-7(9-2)10-4-11-8(6)13-5;1-2-7(9)8-5-3-4-6-8/h1,4H,2H3,(H2,9,10,11,12,13);2H,1,3-6H2. The Bertz CT molecular complexity index is 708. The summed E-state index contributed by atoms with van der Waals surface area (Å²) in [4.78, 5) is 27.6. The van der Waals surface area contributed by atoms with Gasteiger partial charge in [-0.2, -0.15) is 0 Å². The summed E-state index contributed by atoms with van der Waals surface area (Å²) in [6.07, 6.45) is 10.3. The molecule has 0 aromatic carbocycles. The van der Waals surface area contributed by atoms with E-state index >= 15 is 0 Å². The van der Waals surface area contributed by atoms with Gasteiger partial charge in [0.05, 0.1) is 0 Å². The first-order chi connectivity index (χ1) is 10.7. The van der Waals surface area contributed by atoms with Gasteiger partial charge in [-0.15, -0.1) is 6.42 Å². The Morgan fingerprint density at radius 1 is 1.50 bits per heavy atom. The summed E-state index contributed by atoms with van der Waals surface area (Å²) < 4.78 is 0. The van der Waals surface area contributed by atoms with Crippen LogP contribution in [0.4, 0.5) is 5.82 Å². The van der Waals surface area contributed by atoms with Gasteiger partial charge >= 0.3 is 0 Å². The molecule has 2 N–H and O–H groups in total. The molecule has 7 heteroatoms. The Hall–Kier alpha value is -2.88. The van der Waals surface area contributed by atoms with Gasteiger partial charge in [0, 0.05) is 20.1 Å². The second-order valence-corrected chi connectivity index (χ2v) is 4.64. The second kappa shape index (κ2) is 7.22. The third-order valence-corrected chi connectivity index (χ3v) is 3.25. The van der Waals surface area contributed by atoms with E-state index in [-0.39, 0.29) is 5.91 Å². The van der Waals surface area contributed by atoms with Crippen LogP contribution in [0.2, 0.25) is 0 Å².